The molecule has 0 saturated heterocycles. The molecule has 0 aliphatic carbocycles. The molecule has 1 heterocycles. The van der Waals surface area contributed by atoms with Crippen LogP contribution < -0.4 is 10.1 Å². The maximum absolute atomic E-state index is 14.2. The number of methoxy groups -OCH3 is 1. The maximum Gasteiger partial charge on any atom is 0.131 e. The monoisotopic (exact) mass is 291 g/mol. The summed E-state index contributed by atoms with van der Waals surface area (Å²) in [5.74, 6) is 1.34. The third-order valence-corrected chi connectivity index (χ3v) is 3.61. The molecule has 1 N–H and O–H groups in total. The van der Waals surface area contributed by atoms with Crippen molar-refractivity contribution in [2.75, 3.05) is 13.7 Å². The third kappa shape index (κ3) is 3.61. The number of hydrogen-bond acceptors (Lipinski definition) is 3. The average Bonchev–Trinajstić information content (AvgIpc) is 2.89. The van der Waals surface area contributed by atoms with Crippen LogP contribution in [0.5, 0.6) is 5.75 Å². The lowest BCUT2D eigenvalue weighted by Gasteiger charge is -2.21. The second kappa shape index (κ2) is 7.22. The lowest BCUT2D eigenvalue weighted by molar-refractivity contribution is 0.386. The summed E-state index contributed by atoms with van der Waals surface area (Å²) in [6, 6.07) is 4.84. The summed E-state index contributed by atoms with van der Waals surface area (Å²) in [6.07, 6.45) is 5.23. The van der Waals surface area contributed by atoms with Crippen LogP contribution in [0.1, 0.15) is 30.8 Å². The summed E-state index contributed by atoms with van der Waals surface area (Å²) < 4.78 is 21.5. The van der Waals surface area contributed by atoms with Gasteiger partial charge in [-0.1, -0.05) is 13.0 Å². The van der Waals surface area contributed by atoms with Gasteiger partial charge >= 0.3 is 0 Å². The van der Waals surface area contributed by atoms with Gasteiger partial charge in [-0.2, -0.15) is 0 Å². The molecule has 2 rings (SSSR count). The van der Waals surface area contributed by atoms with Gasteiger partial charge in [0.2, 0.25) is 0 Å². The van der Waals surface area contributed by atoms with Gasteiger partial charge in [0, 0.05) is 37.5 Å². The maximum atomic E-state index is 14.2. The molecule has 1 aromatic carbocycles. The van der Waals surface area contributed by atoms with E-state index in [1.54, 1.807) is 25.4 Å². The standard InChI is InChI=1S/C16H22FN3O/c1-4-18-13(8-9-15-19-10-11-20(15)2)16-12(17)6-5-7-14(16)21-3/h5-7,10-11,13,18H,4,8-9H2,1-3H3. The van der Waals surface area contributed by atoms with E-state index < -0.39 is 0 Å². The minimum Gasteiger partial charge on any atom is -0.496 e. The number of imidazole rings is 1. The molecule has 5 heteroatoms. The van der Waals surface area contributed by atoms with E-state index in [-0.39, 0.29) is 11.9 Å². The van der Waals surface area contributed by atoms with Crippen LogP contribution in [0, 0.1) is 5.82 Å². The smallest absolute Gasteiger partial charge is 0.131 e. The Morgan fingerprint density at radius 3 is 2.86 bits per heavy atom. The molecule has 0 fully saturated rings. The Bertz CT molecular complexity index is 583. The highest BCUT2D eigenvalue weighted by Gasteiger charge is 2.20. The van der Waals surface area contributed by atoms with E-state index in [1.807, 2.05) is 24.7 Å². The van der Waals surface area contributed by atoms with Crippen LogP contribution in [0.2, 0.25) is 0 Å². The van der Waals surface area contributed by atoms with Crippen molar-refractivity contribution in [3.8, 4) is 5.75 Å². The molecule has 1 atom stereocenters. The number of nitrogens with zero attached hydrogens (tertiary/aromatic N) is 2. The molecule has 21 heavy (non-hydrogen) atoms. The quantitative estimate of drug-likeness (QED) is 0.852. The molecule has 0 radical (unpaired) electrons. The molecular formula is C16H22FN3O. The Balaban J connectivity index is 2.21. The van der Waals surface area contributed by atoms with Gasteiger partial charge < -0.3 is 14.6 Å². The number of nitrogens with one attached hydrogen (secondary N) is 1. The van der Waals surface area contributed by atoms with Crippen LogP contribution in [-0.2, 0) is 13.5 Å². The fraction of sp³-hybridized carbons (Fsp3) is 0.438. The first-order valence-corrected chi connectivity index (χ1v) is 7.19. The van der Waals surface area contributed by atoms with Crippen molar-refractivity contribution in [3.05, 3.63) is 47.8 Å². The van der Waals surface area contributed by atoms with E-state index in [4.69, 9.17) is 4.74 Å². The number of aromatic nitrogens is 2. The molecule has 0 aliphatic rings. The summed E-state index contributed by atoms with van der Waals surface area (Å²) in [7, 11) is 3.54. The molecule has 4 nitrogen and oxygen atoms in total. The summed E-state index contributed by atoms with van der Waals surface area (Å²) in [5, 5.41) is 3.34. The molecule has 0 aliphatic heterocycles. The van der Waals surface area contributed by atoms with Crippen molar-refractivity contribution < 1.29 is 9.13 Å². The molecule has 0 amide bonds. The first kappa shape index (κ1) is 15.5. The van der Waals surface area contributed by atoms with Crippen molar-refractivity contribution in [1.29, 1.82) is 0 Å². The van der Waals surface area contributed by atoms with Gasteiger partial charge in [-0.25, -0.2) is 9.37 Å². The second-order valence-corrected chi connectivity index (χ2v) is 4.96. The highest BCUT2D eigenvalue weighted by Crippen LogP contribution is 2.30. The van der Waals surface area contributed by atoms with Crippen molar-refractivity contribution in [1.82, 2.24) is 14.9 Å². The normalized spacial score (nSPS) is 12.4. The van der Waals surface area contributed by atoms with Gasteiger partial charge in [-0.3, -0.25) is 0 Å². The van der Waals surface area contributed by atoms with E-state index in [9.17, 15) is 4.39 Å². The minimum atomic E-state index is -0.236. The summed E-state index contributed by atoms with van der Waals surface area (Å²) >= 11 is 0. The van der Waals surface area contributed by atoms with E-state index in [2.05, 4.69) is 10.3 Å². The fourth-order valence-corrected chi connectivity index (χ4v) is 2.54. The van der Waals surface area contributed by atoms with E-state index in [1.165, 1.54) is 6.07 Å². The zero-order valence-electron chi connectivity index (χ0n) is 12.8. The Morgan fingerprint density at radius 1 is 1.43 bits per heavy atom. The second-order valence-electron chi connectivity index (χ2n) is 4.96. The number of rotatable bonds is 7. The van der Waals surface area contributed by atoms with Gasteiger partial charge in [-0.05, 0) is 25.1 Å². The third-order valence-electron chi connectivity index (χ3n) is 3.61. The summed E-state index contributed by atoms with van der Waals surface area (Å²) in [5.41, 5.74) is 0.594. The number of benzene rings is 1. The lowest BCUT2D eigenvalue weighted by atomic mass is 10.00. The van der Waals surface area contributed by atoms with Gasteiger partial charge in [-0.15, -0.1) is 0 Å². The summed E-state index contributed by atoms with van der Waals surface area (Å²) in [6.45, 7) is 2.78. The number of aryl methyl sites for hydroxylation is 2. The molecular weight excluding hydrogens is 269 g/mol. The van der Waals surface area contributed by atoms with Crippen molar-refractivity contribution >= 4 is 0 Å². The fourth-order valence-electron chi connectivity index (χ4n) is 2.54. The average molecular weight is 291 g/mol. The van der Waals surface area contributed by atoms with Crippen LogP contribution >= 0.6 is 0 Å². The Kier molecular flexibility index (Phi) is 5.33. The van der Waals surface area contributed by atoms with E-state index in [0.717, 1.165) is 25.2 Å². The van der Waals surface area contributed by atoms with Gasteiger partial charge in [0.1, 0.15) is 17.4 Å². The Hall–Kier alpha value is -1.88. The SMILES string of the molecule is CCNC(CCc1nccn1C)c1c(F)cccc1OC. The van der Waals surface area contributed by atoms with Crippen LogP contribution in [0.3, 0.4) is 0 Å². The van der Waals surface area contributed by atoms with Crippen LogP contribution in [0.15, 0.2) is 30.6 Å². The lowest BCUT2D eigenvalue weighted by Crippen LogP contribution is -2.23. The Labute approximate surface area is 125 Å². The molecule has 0 bridgehead atoms. The molecule has 0 spiro atoms. The zero-order chi connectivity index (χ0) is 15.2. The minimum absolute atomic E-state index is 0.0946. The van der Waals surface area contributed by atoms with Gasteiger partial charge in [0.15, 0.2) is 0 Å². The predicted molar refractivity (Wildman–Crippen MR) is 80.9 cm³/mol. The molecule has 2 aromatic rings. The van der Waals surface area contributed by atoms with Crippen molar-refractivity contribution in [3.63, 3.8) is 0 Å². The Morgan fingerprint density at radius 2 is 2.24 bits per heavy atom. The molecule has 1 aromatic heterocycles. The number of ether oxygens (including phenoxy) is 1. The molecule has 1 unspecified atom stereocenters. The largest absolute Gasteiger partial charge is 0.496 e. The number of halogens is 1. The topological polar surface area (TPSA) is 39.1 Å². The predicted octanol–water partition coefficient (Wildman–Crippen LogP) is 2.85. The summed E-state index contributed by atoms with van der Waals surface area (Å²) in [4.78, 5) is 4.32. The van der Waals surface area contributed by atoms with Crippen LogP contribution in [-0.4, -0.2) is 23.2 Å². The first-order chi connectivity index (χ1) is 10.2. The van der Waals surface area contributed by atoms with Gasteiger partial charge in [0.25, 0.3) is 0 Å². The first-order valence-electron chi connectivity index (χ1n) is 7.19. The highest BCUT2D eigenvalue weighted by atomic mass is 19.1. The molecule has 0 saturated carbocycles. The molecule has 114 valence electrons. The van der Waals surface area contributed by atoms with Crippen LogP contribution in [0.25, 0.3) is 0 Å². The van der Waals surface area contributed by atoms with Crippen molar-refractivity contribution in [2.45, 2.75) is 25.8 Å². The zero-order valence-corrected chi connectivity index (χ0v) is 12.8. The van der Waals surface area contributed by atoms with E-state index in [0.29, 0.717) is 11.3 Å². The number of hydrogen-bond donors (Lipinski definition) is 1. The van der Waals surface area contributed by atoms with E-state index >= 15 is 0 Å². The van der Waals surface area contributed by atoms with Crippen molar-refractivity contribution in [2.24, 2.45) is 7.05 Å². The van der Waals surface area contributed by atoms with Gasteiger partial charge in [0.05, 0.1) is 7.11 Å². The van der Waals surface area contributed by atoms with Crippen LogP contribution in [0.4, 0.5) is 4.39 Å². The highest BCUT2D eigenvalue weighted by molar-refractivity contribution is 5.37.